The molecule has 160 valence electrons. The third kappa shape index (κ3) is 4.06. The maximum Gasteiger partial charge on any atom is 0.159 e. The molecule has 0 aliphatic carbocycles. The van der Waals surface area contributed by atoms with Gasteiger partial charge >= 0.3 is 0 Å². The predicted molar refractivity (Wildman–Crippen MR) is 113 cm³/mol. The van der Waals surface area contributed by atoms with Crippen LogP contribution in [-0.2, 0) is 6.54 Å². The van der Waals surface area contributed by atoms with Crippen molar-refractivity contribution in [2.75, 3.05) is 23.7 Å². The Morgan fingerprint density at radius 1 is 1.19 bits per heavy atom. The molecule has 0 atom stereocenters. The lowest BCUT2D eigenvalue weighted by Crippen LogP contribution is -2.35. The fourth-order valence-corrected chi connectivity index (χ4v) is 4.06. The Labute approximate surface area is 179 Å². The van der Waals surface area contributed by atoms with Crippen molar-refractivity contribution in [1.29, 1.82) is 5.26 Å². The van der Waals surface area contributed by atoms with Crippen molar-refractivity contribution < 1.29 is 8.78 Å². The largest absolute Gasteiger partial charge is 0.382 e. The normalized spacial score (nSPS) is 14.6. The number of aromatic nitrogens is 4. The van der Waals surface area contributed by atoms with E-state index in [2.05, 4.69) is 32.4 Å². The molecule has 2 N–H and O–H groups in total. The van der Waals surface area contributed by atoms with Crippen LogP contribution in [0.3, 0.4) is 0 Å². The van der Waals surface area contributed by atoms with E-state index in [4.69, 9.17) is 10.7 Å². The number of anilines is 2. The van der Waals surface area contributed by atoms with E-state index in [1.807, 2.05) is 6.20 Å². The van der Waals surface area contributed by atoms with Crippen LogP contribution in [0.1, 0.15) is 43.5 Å². The van der Waals surface area contributed by atoms with Crippen LogP contribution in [0.15, 0.2) is 30.7 Å². The van der Waals surface area contributed by atoms with Gasteiger partial charge in [-0.3, -0.25) is 0 Å². The summed E-state index contributed by atoms with van der Waals surface area (Å²) in [4.78, 5) is 15.0. The quantitative estimate of drug-likeness (QED) is 0.669. The second-order valence-electron chi connectivity index (χ2n) is 7.64. The smallest absolute Gasteiger partial charge is 0.159 e. The van der Waals surface area contributed by atoms with Gasteiger partial charge in [-0.2, -0.15) is 5.26 Å². The molecule has 1 saturated heterocycles. The number of nitrogens with zero attached hydrogens (tertiary/aromatic N) is 6. The maximum atomic E-state index is 13.7. The zero-order valence-corrected chi connectivity index (χ0v) is 17.2. The van der Waals surface area contributed by atoms with Crippen molar-refractivity contribution in [2.45, 2.75) is 38.6 Å². The van der Waals surface area contributed by atoms with E-state index in [1.54, 1.807) is 6.07 Å². The zero-order chi connectivity index (χ0) is 22.0. The minimum Gasteiger partial charge on any atom is -0.382 e. The highest BCUT2D eigenvalue weighted by molar-refractivity contribution is 5.63. The lowest BCUT2D eigenvalue weighted by molar-refractivity contribution is 0.461. The molecule has 0 bridgehead atoms. The monoisotopic (exact) mass is 423 g/mol. The molecule has 1 fully saturated rings. The summed E-state index contributed by atoms with van der Waals surface area (Å²) < 4.78 is 29.1. The highest BCUT2D eigenvalue weighted by atomic mass is 19.2. The first kappa shape index (κ1) is 20.7. The SMILES string of the molecule is CCCn1cc(-c2ccc(F)c(F)c2)nc1C1CCN(c2ncnc(N)c2C#N)CC1. The molecule has 0 saturated carbocycles. The van der Waals surface area contributed by atoms with Crippen molar-refractivity contribution >= 4 is 11.6 Å². The second kappa shape index (κ2) is 8.68. The average molecular weight is 423 g/mol. The molecule has 2 aromatic heterocycles. The number of nitrogen functional groups attached to an aromatic ring is 1. The Balaban J connectivity index is 1.57. The number of benzene rings is 1. The van der Waals surface area contributed by atoms with Crippen molar-refractivity contribution in [3.8, 4) is 17.3 Å². The van der Waals surface area contributed by atoms with Crippen LogP contribution < -0.4 is 10.6 Å². The minimum absolute atomic E-state index is 0.185. The number of rotatable bonds is 5. The highest BCUT2D eigenvalue weighted by Crippen LogP contribution is 2.33. The van der Waals surface area contributed by atoms with Crippen LogP contribution in [0.4, 0.5) is 20.4 Å². The Bertz CT molecular complexity index is 1130. The summed E-state index contributed by atoms with van der Waals surface area (Å²) in [5.74, 6) is 0.161. The number of aryl methyl sites for hydroxylation is 1. The third-order valence-electron chi connectivity index (χ3n) is 5.62. The molecule has 1 aliphatic rings. The zero-order valence-electron chi connectivity index (χ0n) is 17.2. The summed E-state index contributed by atoms with van der Waals surface area (Å²) in [6, 6.07) is 5.95. The molecule has 9 heteroatoms. The predicted octanol–water partition coefficient (Wildman–Crippen LogP) is 3.87. The van der Waals surface area contributed by atoms with Crippen LogP contribution in [-0.4, -0.2) is 32.6 Å². The molecule has 1 aliphatic heterocycles. The Kier molecular flexibility index (Phi) is 5.80. The first-order valence-electron chi connectivity index (χ1n) is 10.3. The number of imidazole rings is 1. The Morgan fingerprint density at radius 2 is 1.97 bits per heavy atom. The number of nitriles is 1. The lowest BCUT2D eigenvalue weighted by atomic mass is 9.95. The molecule has 0 unspecified atom stereocenters. The molecule has 31 heavy (non-hydrogen) atoms. The number of hydrogen-bond acceptors (Lipinski definition) is 6. The average Bonchev–Trinajstić information content (AvgIpc) is 3.20. The molecule has 1 aromatic carbocycles. The number of piperidine rings is 1. The van der Waals surface area contributed by atoms with E-state index in [0.29, 0.717) is 35.7 Å². The molecule has 0 amide bonds. The van der Waals surface area contributed by atoms with Crippen LogP contribution in [0.5, 0.6) is 0 Å². The first-order chi connectivity index (χ1) is 15.0. The molecular weight excluding hydrogens is 400 g/mol. The fourth-order valence-electron chi connectivity index (χ4n) is 4.06. The number of hydrogen-bond donors (Lipinski definition) is 1. The summed E-state index contributed by atoms with van der Waals surface area (Å²) >= 11 is 0. The van der Waals surface area contributed by atoms with Gasteiger partial charge in [0.15, 0.2) is 17.5 Å². The molecule has 0 radical (unpaired) electrons. The van der Waals surface area contributed by atoms with Gasteiger partial charge in [0, 0.05) is 37.3 Å². The van der Waals surface area contributed by atoms with Crippen molar-refractivity contribution in [3.63, 3.8) is 0 Å². The first-order valence-corrected chi connectivity index (χ1v) is 10.3. The van der Waals surface area contributed by atoms with Crippen molar-refractivity contribution in [1.82, 2.24) is 19.5 Å². The van der Waals surface area contributed by atoms with Crippen LogP contribution in [0.25, 0.3) is 11.3 Å². The molecule has 3 heterocycles. The summed E-state index contributed by atoms with van der Waals surface area (Å²) in [5, 5.41) is 9.40. The van der Waals surface area contributed by atoms with Gasteiger partial charge in [-0.1, -0.05) is 6.92 Å². The van der Waals surface area contributed by atoms with Gasteiger partial charge in [-0.15, -0.1) is 0 Å². The number of halogens is 2. The highest BCUT2D eigenvalue weighted by Gasteiger charge is 2.27. The third-order valence-corrected chi connectivity index (χ3v) is 5.62. The second-order valence-corrected chi connectivity index (χ2v) is 7.64. The van der Waals surface area contributed by atoms with E-state index in [-0.39, 0.29) is 11.7 Å². The van der Waals surface area contributed by atoms with Crippen LogP contribution >= 0.6 is 0 Å². The van der Waals surface area contributed by atoms with Gasteiger partial charge in [-0.25, -0.2) is 23.7 Å². The minimum atomic E-state index is -0.880. The van der Waals surface area contributed by atoms with Gasteiger partial charge in [0.25, 0.3) is 0 Å². The Morgan fingerprint density at radius 3 is 2.65 bits per heavy atom. The molecule has 3 aromatic rings. The molecule has 0 spiro atoms. The standard InChI is InChI=1S/C22H23F2N7/c1-2-7-31-12-19(15-3-4-17(23)18(24)10-15)29-21(31)14-5-8-30(9-6-14)22-16(11-25)20(26)27-13-28-22/h3-4,10,12-14H,2,5-9H2,1H3,(H2,26,27,28). The maximum absolute atomic E-state index is 13.7. The molecular formula is C22H23F2N7. The summed E-state index contributed by atoms with van der Waals surface area (Å²) in [6.07, 6.45) is 5.88. The lowest BCUT2D eigenvalue weighted by Gasteiger charge is -2.33. The van der Waals surface area contributed by atoms with Crippen LogP contribution in [0, 0.1) is 23.0 Å². The van der Waals surface area contributed by atoms with E-state index >= 15 is 0 Å². The van der Waals surface area contributed by atoms with E-state index in [0.717, 1.165) is 37.7 Å². The van der Waals surface area contributed by atoms with E-state index in [1.165, 1.54) is 12.4 Å². The Hall–Kier alpha value is -3.54. The van der Waals surface area contributed by atoms with Gasteiger partial charge in [0.05, 0.1) is 5.69 Å². The topological polar surface area (TPSA) is 96.7 Å². The summed E-state index contributed by atoms with van der Waals surface area (Å²) in [5.41, 5.74) is 7.32. The van der Waals surface area contributed by atoms with Gasteiger partial charge in [-0.05, 0) is 37.5 Å². The fraction of sp³-hybridized carbons (Fsp3) is 0.364. The van der Waals surface area contributed by atoms with E-state index in [9.17, 15) is 14.0 Å². The molecule has 7 nitrogen and oxygen atoms in total. The summed E-state index contributed by atoms with van der Waals surface area (Å²) in [7, 11) is 0. The molecule has 4 rings (SSSR count). The van der Waals surface area contributed by atoms with Gasteiger partial charge < -0.3 is 15.2 Å². The van der Waals surface area contributed by atoms with Crippen LogP contribution in [0.2, 0.25) is 0 Å². The van der Waals surface area contributed by atoms with Gasteiger partial charge in [0.1, 0.15) is 29.6 Å². The summed E-state index contributed by atoms with van der Waals surface area (Å²) in [6.45, 7) is 4.30. The van der Waals surface area contributed by atoms with Crippen molar-refractivity contribution in [2.24, 2.45) is 0 Å². The van der Waals surface area contributed by atoms with Gasteiger partial charge in [0.2, 0.25) is 0 Å². The van der Waals surface area contributed by atoms with Crippen molar-refractivity contribution in [3.05, 3.63) is 53.7 Å². The van der Waals surface area contributed by atoms with E-state index < -0.39 is 11.6 Å². The number of nitrogens with two attached hydrogens (primary N) is 1.